The molecular formula is C31H28AsF3N7O2. The zero-order chi connectivity index (χ0) is 31.0. The van der Waals surface area contributed by atoms with Crippen molar-refractivity contribution in [1.82, 2.24) is 24.6 Å². The van der Waals surface area contributed by atoms with Crippen LogP contribution in [0.1, 0.15) is 32.6 Å². The third-order valence-electron chi connectivity index (χ3n) is 7.92. The second-order valence-electron chi connectivity index (χ2n) is 10.8. The first-order valence-electron chi connectivity index (χ1n) is 14.2. The number of anilines is 1. The number of rotatable bonds is 9. The number of amides is 1. The molecule has 2 aromatic heterocycles. The molecule has 1 atom stereocenters. The molecule has 4 aromatic rings. The molecule has 1 amide bonds. The fraction of sp³-hybridized carbons (Fsp3) is 0.323. The summed E-state index contributed by atoms with van der Waals surface area (Å²) in [5.41, 5.74) is 7.04. The Balaban J connectivity index is 1.30. The number of aromatic nitrogens is 4. The number of carbonyl (C=O) groups is 1. The molecule has 2 N–H and O–H groups in total. The average Bonchev–Trinajstić information content (AvgIpc) is 3.43. The number of ether oxygens (including phenoxy) is 1. The summed E-state index contributed by atoms with van der Waals surface area (Å²) in [6.45, 7) is 2.91. The molecule has 0 bridgehead atoms. The summed E-state index contributed by atoms with van der Waals surface area (Å²) in [5, 5.41) is 15.9. The van der Waals surface area contributed by atoms with Gasteiger partial charge in [0.2, 0.25) is 5.82 Å². The molecule has 0 spiro atoms. The number of nitrogens with zero attached hydrogens (tertiary/aromatic N) is 6. The van der Waals surface area contributed by atoms with E-state index in [4.69, 9.17) is 10.5 Å². The van der Waals surface area contributed by atoms with Crippen LogP contribution >= 0.6 is 0 Å². The van der Waals surface area contributed by atoms with Crippen molar-refractivity contribution >= 4 is 38.5 Å². The number of hydrogen-bond acceptors (Lipinski definition) is 7. The molecule has 9 nitrogen and oxygen atoms in total. The van der Waals surface area contributed by atoms with E-state index in [9.17, 15) is 18.8 Å². The van der Waals surface area contributed by atoms with Crippen molar-refractivity contribution in [3.05, 3.63) is 71.8 Å². The van der Waals surface area contributed by atoms with Crippen molar-refractivity contribution in [1.29, 1.82) is 5.26 Å². The van der Waals surface area contributed by atoms with E-state index in [1.54, 1.807) is 9.58 Å². The summed E-state index contributed by atoms with van der Waals surface area (Å²) in [6, 6.07) is 9.22. The Hall–Kier alpha value is -4.36. The quantitative estimate of drug-likeness (QED) is 0.136. The fourth-order valence-electron chi connectivity index (χ4n) is 5.64. The summed E-state index contributed by atoms with van der Waals surface area (Å²) in [7, 11) is 0. The van der Waals surface area contributed by atoms with Gasteiger partial charge in [-0.3, -0.25) is 0 Å². The van der Waals surface area contributed by atoms with E-state index < -0.39 is 17.5 Å². The number of allylic oxidation sites excluding steroid dienone is 1. The van der Waals surface area contributed by atoms with E-state index in [0.29, 0.717) is 24.0 Å². The summed E-state index contributed by atoms with van der Waals surface area (Å²) >= 11 is 0.0455. The third kappa shape index (κ3) is 5.64. The van der Waals surface area contributed by atoms with Gasteiger partial charge in [0.1, 0.15) is 5.75 Å². The first kappa shape index (κ1) is 29.7. The van der Waals surface area contributed by atoms with Crippen LogP contribution in [0, 0.1) is 28.8 Å². The molecule has 2 fully saturated rings. The van der Waals surface area contributed by atoms with Gasteiger partial charge in [-0.1, -0.05) is 6.07 Å². The van der Waals surface area contributed by atoms with Gasteiger partial charge >= 0.3 is 187 Å². The zero-order valence-electron chi connectivity index (χ0n) is 23.8. The molecule has 2 aromatic carbocycles. The minimum atomic E-state index is -1.18. The monoisotopic (exact) mass is 662 g/mol. The van der Waals surface area contributed by atoms with Crippen molar-refractivity contribution in [2.75, 3.05) is 12.3 Å². The van der Waals surface area contributed by atoms with Crippen molar-refractivity contribution < 1.29 is 22.7 Å². The summed E-state index contributed by atoms with van der Waals surface area (Å²) in [4.78, 5) is 23.7. The number of nitrogen functional groups attached to an aromatic ring is 1. The van der Waals surface area contributed by atoms with Crippen LogP contribution in [0.2, 0.25) is 9.41 Å². The SMILES string of the molecule is CC[As]C1(/C=C(\C#N)C(=O)N2CCC[C@H]2Cn2nc(-c3ccc(Oc4cccc(F)c4F)cc3F)c3c(N)ncnc32)CC1. The van der Waals surface area contributed by atoms with E-state index in [2.05, 4.69) is 28.1 Å². The van der Waals surface area contributed by atoms with E-state index in [-0.39, 0.29) is 72.6 Å². The van der Waals surface area contributed by atoms with Crippen molar-refractivity contribution in [2.45, 2.75) is 54.6 Å². The Morgan fingerprint density at radius 1 is 1.23 bits per heavy atom. The van der Waals surface area contributed by atoms with Gasteiger partial charge in [-0.25, -0.2) is 8.78 Å². The Bertz CT molecular complexity index is 1830. The van der Waals surface area contributed by atoms with Crippen LogP contribution in [-0.2, 0) is 11.3 Å². The summed E-state index contributed by atoms with van der Waals surface area (Å²) in [5.74, 6) is -3.61. The number of fused-ring (bicyclic) bond motifs is 1. The molecule has 1 saturated heterocycles. The van der Waals surface area contributed by atoms with Crippen LogP contribution in [0.5, 0.6) is 11.5 Å². The van der Waals surface area contributed by atoms with Crippen LogP contribution in [-0.4, -0.2) is 58.9 Å². The average molecular weight is 663 g/mol. The fourth-order valence-corrected chi connectivity index (χ4v) is 8.32. The third-order valence-corrected chi connectivity index (χ3v) is 11.1. The molecule has 13 heteroatoms. The zero-order valence-corrected chi connectivity index (χ0v) is 25.7. The van der Waals surface area contributed by atoms with E-state index in [1.165, 1.54) is 30.6 Å². The molecule has 1 aliphatic heterocycles. The Morgan fingerprint density at radius 2 is 2.05 bits per heavy atom. The van der Waals surface area contributed by atoms with Gasteiger partial charge in [0.25, 0.3) is 0 Å². The van der Waals surface area contributed by atoms with Gasteiger partial charge in [-0.05, 0) is 18.2 Å². The van der Waals surface area contributed by atoms with Gasteiger partial charge in [0.15, 0.2) is 11.6 Å². The molecular weight excluding hydrogens is 634 g/mol. The molecule has 2 aliphatic rings. The van der Waals surface area contributed by atoms with E-state index in [1.807, 2.05) is 6.08 Å². The van der Waals surface area contributed by atoms with Crippen molar-refractivity contribution in [2.24, 2.45) is 0 Å². The first-order valence-corrected chi connectivity index (χ1v) is 16.5. The predicted octanol–water partition coefficient (Wildman–Crippen LogP) is 5.82. The number of nitrogens with two attached hydrogens (primary N) is 1. The molecule has 1 radical (unpaired) electrons. The van der Waals surface area contributed by atoms with Crippen molar-refractivity contribution in [3.63, 3.8) is 0 Å². The first-order chi connectivity index (χ1) is 21.2. The number of nitriles is 1. The summed E-state index contributed by atoms with van der Waals surface area (Å²) < 4.78 is 50.2. The van der Waals surface area contributed by atoms with Crippen LogP contribution in [0.15, 0.2) is 54.4 Å². The molecule has 1 aliphatic carbocycles. The number of halogens is 3. The van der Waals surface area contributed by atoms with Gasteiger partial charge in [0, 0.05) is 6.07 Å². The Kier molecular flexibility index (Phi) is 8.08. The van der Waals surface area contributed by atoms with E-state index in [0.717, 1.165) is 36.6 Å². The predicted molar refractivity (Wildman–Crippen MR) is 158 cm³/mol. The second-order valence-corrected chi connectivity index (χ2v) is 14.7. The molecule has 0 unspecified atom stereocenters. The molecule has 1 saturated carbocycles. The van der Waals surface area contributed by atoms with E-state index >= 15 is 4.39 Å². The van der Waals surface area contributed by atoms with Gasteiger partial charge in [0.05, 0.1) is 0 Å². The van der Waals surface area contributed by atoms with Gasteiger partial charge in [-0.2, -0.15) is 4.39 Å². The molecule has 6 rings (SSSR count). The molecule has 225 valence electrons. The number of likely N-dealkylation sites (tertiary alicyclic amines) is 1. The second kappa shape index (κ2) is 12.0. The maximum absolute atomic E-state index is 15.5. The van der Waals surface area contributed by atoms with Crippen molar-refractivity contribution in [3.8, 4) is 28.8 Å². The number of carbonyl (C=O) groups excluding carboxylic acids is 1. The molecule has 3 heterocycles. The Morgan fingerprint density at radius 3 is 2.77 bits per heavy atom. The number of hydrogen-bond donors (Lipinski definition) is 1. The molecule has 44 heavy (non-hydrogen) atoms. The Labute approximate surface area is 258 Å². The summed E-state index contributed by atoms with van der Waals surface area (Å²) in [6.07, 6.45) is 6.72. The minimum absolute atomic E-state index is 0.0405. The van der Waals surface area contributed by atoms with Crippen LogP contribution in [0.4, 0.5) is 19.0 Å². The number of benzene rings is 2. The van der Waals surface area contributed by atoms with Crippen LogP contribution < -0.4 is 10.5 Å². The van der Waals surface area contributed by atoms with Crippen LogP contribution in [0.3, 0.4) is 0 Å². The van der Waals surface area contributed by atoms with Crippen LogP contribution in [0.25, 0.3) is 22.3 Å². The van der Waals surface area contributed by atoms with Gasteiger partial charge < -0.3 is 4.74 Å². The standard InChI is InChI=1S/C31H28AsF3N7O2/c1-2-32-31(10-11-31)14-18(15-36)30(43)41-12-4-5-19(41)16-42-29-25(28(37)38-17-39-29)27(40-42)21-9-8-20(13-23(21)34)44-24-7-3-6-22(33)26(24)35/h3,6-9,13-14,17,19H,2,4-5,10-12,16H2,1H3,(H2,37,38,39)/b18-14+/t19-/m0/s1. The normalized spacial score (nSPS) is 17.8. The maximum atomic E-state index is 15.5. The topological polar surface area (TPSA) is 123 Å². The van der Waals surface area contributed by atoms with Gasteiger partial charge in [-0.15, -0.1) is 0 Å².